The number of nitrogens with one attached hydrogen (secondary N) is 2. The monoisotopic (exact) mass is 367 g/mol. The number of halogens is 1. The minimum Gasteiger partial charge on any atom is -0.506 e. The molecule has 1 spiro atoms. The van der Waals surface area contributed by atoms with Gasteiger partial charge in [0.05, 0.1) is 6.54 Å². The zero-order valence-electron chi connectivity index (χ0n) is 14.0. The first kappa shape index (κ1) is 18.0. The summed E-state index contributed by atoms with van der Waals surface area (Å²) in [5.74, 6) is -1.03. The molecule has 1 fully saturated rings. The Hall–Kier alpha value is -1.77. The molecule has 2 aliphatic rings. The van der Waals surface area contributed by atoms with E-state index in [0.717, 1.165) is 35.6 Å². The number of carbonyl (C=O) groups excluding carboxylic acids is 1. The molecule has 1 aromatic carbocycles. The lowest BCUT2D eigenvalue weighted by Crippen LogP contribution is -2.36. The Bertz CT molecular complexity index is 732. The highest BCUT2D eigenvalue weighted by Gasteiger charge is 2.36. The van der Waals surface area contributed by atoms with E-state index in [2.05, 4.69) is 16.1 Å². The summed E-state index contributed by atoms with van der Waals surface area (Å²) < 4.78 is 30.8. The van der Waals surface area contributed by atoms with Crippen molar-refractivity contribution < 1.29 is 18.5 Å². The summed E-state index contributed by atoms with van der Waals surface area (Å²) in [6.45, 7) is 0.243. The maximum absolute atomic E-state index is 15.2. The molecule has 0 aromatic heterocycles. The molecule has 8 heteroatoms. The van der Waals surface area contributed by atoms with Crippen molar-refractivity contribution >= 4 is 28.7 Å². The van der Waals surface area contributed by atoms with Crippen LogP contribution in [0.5, 0.6) is 5.75 Å². The minimum absolute atomic E-state index is 0.0594. The van der Waals surface area contributed by atoms with E-state index in [1.807, 2.05) is 0 Å². The predicted octanol–water partition coefficient (Wildman–Crippen LogP) is 1.63. The Morgan fingerprint density at radius 2 is 2.16 bits per heavy atom. The minimum atomic E-state index is -1.84. The zero-order chi connectivity index (χ0) is 18.0. The van der Waals surface area contributed by atoms with Crippen LogP contribution in [0.25, 0.3) is 5.57 Å². The molecule has 6 nitrogen and oxygen atoms in total. The van der Waals surface area contributed by atoms with Gasteiger partial charge in [0.2, 0.25) is 0 Å². The van der Waals surface area contributed by atoms with Crippen molar-refractivity contribution in [3.63, 3.8) is 0 Å². The number of nitrogens with zero attached hydrogens (tertiary/aromatic N) is 1. The van der Waals surface area contributed by atoms with E-state index < -0.39 is 17.0 Å². The molecule has 3 N–H and O–H groups in total. The van der Waals surface area contributed by atoms with E-state index in [9.17, 15) is 14.1 Å². The van der Waals surface area contributed by atoms with Crippen molar-refractivity contribution in [2.45, 2.75) is 31.2 Å². The van der Waals surface area contributed by atoms with Crippen molar-refractivity contribution in [1.29, 1.82) is 0 Å². The second-order valence-electron chi connectivity index (χ2n) is 6.36. The number of aldehydes is 1. The van der Waals surface area contributed by atoms with E-state index in [-0.39, 0.29) is 23.5 Å². The molecule has 1 aromatic rings. The van der Waals surface area contributed by atoms with Gasteiger partial charge in [0.1, 0.15) is 17.7 Å². The lowest BCUT2D eigenvalue weighted by Gasteiger charge is -2.22. The number of carbonyl (C=O) groups is 1. The number of phenols is 1. The number of anilines is 1. The maximum atomic E-state index is 15.2. The van der Waals surface area contributed by atoms with E-state index in [4.69, 9.17) is 0 Å². The van der Waals surface area contributed by atoms with Crippen molar-refractivity contribution in [1.82, 2.24) is 10.0 Å². The molecule has 0 amide bonds. The van der Waals surface area contributed by atoms with Crippen LogP contribution in [-0.4, -0.2) is 41.3 Å². The highest BCUT2D eigenvalue weighted by Crippen LogP contribution is 2.40. The third kappa shape index (κ3) is 3.33. The molecule has 1 heterocycles. The number of hydrogen-bond donors (Lipinski definition) is 3. The summed E-state index contributed by atoms with van der Waals surface area (Å²) >= 11 is -1.84. The van der Waals surface area contributed by atoms with Crippen LogP contribution in [0, 0.1) is 5.82 Å². The van der Waals surface area contributed by atoms with Crippen LogP contribution in [0.4, 0.5) is 10.1 Å². The zero-order valence-corrected chi connectivity index (χ0v) is 14.9. The maximum Gasteiger partial charge on any atom is 0.196 e. The quantitative estimate of drug-likeness (QED) is 0.668. The van der Waals surface area contributed by atoms with Crippen LogP contribution in [0.3, 0.4) is 0 Å². The second-order valence-corrected chi connectivity index (χ2v) is 7.71. The Labute approximate surface area is 148 Å². The first-order valence-corrected chi connectivity index (χ1v) is 9.41. The number of aromatic hydroxyl groups is 1. The van der Waals surface area contributed by atoms with Crippen molar-refractivity contribution in [3.8, 4) is 5.75 Å². The lowest BCUT2D eigenvalue weighted by molar-refractivity contribution is -0.106. The van der Waals surface area contributed by atoms with Crippen LogP contribution >= 0.6 is 0 Å². The molecule has 25 heavy (non-hydrogen) atoms. The topological polar surface area (TPSA) is 81.7 Å². The average molecular weight is 367 g/mol. The van der Waals surface area contributed by atoms with Gasteiger partial charge in [-0.15, -0.1) is 0 Å². The van der Waals surface area contributed by atoms with Gasteiger partial charge in [0.25, 0.3) is 0 Å². The fourth-order valence-electron chi connectivity index (χ4n) is 3.67. The van der Waals surface area contributed by atoms with Crippen molar-refractivity contribution in [2.75, 3.05) is 24.4 Å². The molecule has 1 aliphatic heterocycles. The van der Waals surface area contributed by atoms with E-state index in [1.165, 1.54) is 19.2 Å². The van der Waals surface area contributed by atoms with Crippen LogP contribution in [0.2, 0.25) is 0 Å². The summed E-state index contributed by atoms with van der Waals surface area (Å²) in [6, 6.07) is 2.90. The van der Waals surface area contributed by atoms with E-state index in [1.54, 1.807) is 0 Å². The first-order valence-electron chi connectivity index (χ1n) is 8.30. The van der Waals surface area contributed by atoms with Crippen LogP contribution in [0.15, 0.2) is 18.2 Å². The molecule has 1 aliphatic carbocycles. The summed E-state index contributed by atoms with van der Waals surface area (Å²) in [4.78, 5) is 10.9. The van der Waals surface area contributed by atoms with Gasteiger partial charge < -0.3 is 15.2 Å². The lowest BCUT2D eigenvalue weighted by atomic mass is 9.96. The fourth-order valence-corrected chi connectivity index (χ4v) is 4.42. The number of hydrogen-bond acceptors (Lipinski definition) is 4. The smallest absolute Gasteiger partial charge is 0.196 e. The van der Waals surface area contributed by atoms with Gasteiger partial charge in [-0.1, -0.05) is 18.9 Å². The molecule has 0 radical (unpaired) electrons. The van der Waals surface area contributed by atoms with Gasteiger partial charge in [-0.3, -0.25) is 4.31 Å². The van der Waals surface area contributed by atoms with E-state index in [0.29, 0.717) is 18.4 Å². The largest absolute Gasteiger partial charge is 0.506 e. The Balaban J connectivity index is 2.03. The molecule has 3 rings (SSSR count). The number of phenolic OH excluding ortho intramolecular Hbond substituents is 1. The van der Waals surface area contributed by atoms with Gasteiger partial charge in [-0.25, -0.2) is 13.3 Å². The van der Waals surface area contributed by atoms with Crippen molar-refractivity contribution in [2.24, 2.45) is 0 Å². The third-order valence-electron chi connectivity index (χ3n) is 4.88. The van der Waals surface area contributed by atoms with Crippen LogP contribution < -0.4 is 14.3 Å². The SMILES string of the molecule is CNS(=O)N(CC=O)c1c(O)ccc(C2=CC3(CCCC3)NC2)c1F. The second kappa shape index (κ2) is 7.23. The van der Waals surface area contributed by atoms with Crippen molar-refractivity contribution in [3.05, 3.63) is 29.6 Å². The highest BCUT2D eigenvalue weighted by atomic mass is 32.2. The summed E-state index contributed by atoms with van der Waals surface area (Å²) in [6.07, 6.45) is 6.96. The average Bonchev–Trinajstić information content (AvgIpc) is 3.23. The van der Waals surface area contributed by atoms with Gasteiger partial charge >= 0.3 is 0 Å². The molecule has 1 saturated carbocycles. The molecular weight excluding hydrogens is 345 g/mol. The predicted molar refractivity (Wildman–Crippen MR) is 95.9 cm³/mol. The Morgan fingerprint density at radius 1 is 1.44 bits per heavy atom. The van der Waals surface area contributed by atoms with Crippen LogP contribution in [-0.2, 0) is 16.0 Å². The Morgan fingerprint density at radius 3 is 2.80 bits per heavy atom. The van der Waals surface area contributed by atoms with E-state index >= 15 is 4.39 Å². The Kier molecular flexibility index (Phi) is 5.21. The molecule has 136 valence electrons. The summed E-state index contributed by atoms with van der Waals surface area (Å²) in [5, 5.41) is 13.6. The van der Waals surface area contributed by atoms with Gasteiger partial charge in [0.15, 0.2) is 17.0 Å². The van der Waals surface area contributed by atoms with Gasteiger partial charge in [-0.2, -0.15) is 0 Å². The molecular formula is C17H22FN3O3S. The van der Waals surface area contributed by atoms with Crippen LogP contribution in [0.1, 0.15) is 31.2 Å². The summed E-state index contributed by atoms with van der Waals surface area (Å²) in [5.41, 5.74) is 0.886. The molecule has 0 bridgehead atoms. The standard InChI is InChI=1S/C17H22FN3O3S/c1-19-25(24)21(8-9-22)16-14(23)5-4-13(15(16)18)12-10-17(20-11-12)6-2-3-7-17/h4-5,9-10,19-20,23H,2-3,6-8,11H2,1H3. The van der Waals surface area contributed by atoms with Gasteiger partial charge in [-0.05, 0) is 37.6 Å². The fraction of sp³-hybridized carbons (Fsp3) is 0.471. The first-order chi connectivity index (χ1) is 12.0. The molecule has 1 atom stereocenters. The highest BCUT2D eigenvalue weighted by molar-refractivity contribution is 7.84. The van der Waals surface area contributed by atoms with Gasteiger partial charge in [0, 0.05) is 17.6 Å². The normalized spacial score (nSPS) is 19.8. The summed E-state index contributed by atoms with van der Waals surface area (Å²) in [7, 11) is 1.43. The molecule has 0 saturated heterocycles. The number of benzene rings is 1. The molecule has 1 unspecified atom stereocenters. The number of rotatable bonds is 6. The third-order valence-corrected chi connectivity index (χ3v) is 5.96.